The van der Waals surface area contributed by atoms with Crippen molar-refractivity contribution in [3.8, 4) is 0 Å². The molecule has 0 unspecified atom stereocenters. The van der Waals surface area contributed by atoms with E-state index in [0.29, 0.717) is 18.6 Å². The Bertz CT molecular complexity index is 180. The molecule has 1 rings (SSSR count). The van der Waals surface area contributed by atoms with Gasteiger partial charge in [0, 0.05) is 0 Å². The third kappa shape index (κ3) is 3.30. The maximum absolute atomic E-state index is 5.84. The molecule has 0 aromatic heterocycles. The molecule has 1 fully saturated rings. The summed E-state index contributed by atoms with van der Waals surface area (Å²) < 4.78 is 10.6. The fraction of sp³-hybridized carbons (Fsp3) is 0.818. The Hall–Kier alpha value is 0.01000. The Morgan fingerprint density at radius 2 is 2.29 bits per heavy atom. The molecule has 3 heteroatoms. The van der Waals surface area contributed by atoms with Crippen molar-refractivity contribution in [2.75, 3.05) is 6.61 Å². The highest BCUT2D eigenvalue weighted by Gasteiger charge is 2.26. The van der Waals surface area contributed by atoms with Crippen molar-refractivity contribution < 1.29 is 8.92 Å². The lowest BCUT2D eigenvalue weighted by molar-refractivity contribution is -0.0293. The van der Waals surface area contributed by atoms with Crippen molar-refractivity contribution in [2.24, 2.45) is 5.92 Å². The normalized spacial score (nSPS) is 33.4. The van der Waals surface area contributed by atoms with Crippen LogP contribution in [0.4, 0.5) is 0 Å². The average Bonchev–Trinajstić information content (AvgIpc) is 2.14. The molecule has 1 aliphatic rings. The lowest BCUT2D eigenvalue weighted by Gasteiger charge is -2.34. The van der Waals surface area contributed by atoms with Crippen LogP contribution in [0.25, 0.3) is 0 Å². The van der Waals surface area contributed by atoms with Gasteiger partial charge in [-0.2, -0.15) is 0 Å². The molecular weight excluding hydrogens is 196 g/mol. The van der Waals surface area contributed by atoms with Gasteiger partial charge in [-0.1, -0.05) is 13.5 Å². The topological polar surface area (TPSA) is 18.5 Å². The quantitative estimate of drug-likeness (QED) is 0.337. The molecular formula is C11H20O2S. The van der Waals surface area contributed by atoms with Crippen LogP contribution in [0.3, 0.4) is 0 Å². The van der Waals surface area contributed by atoms with Crippen LogP contribution in [0.15, 0.2) is 12.2 Å². The van der Waals surface area contributed by atoms with Crippen molar-refractivity contribution in [1.29, 1.82) is 0 Å². The summed E-state index contributed by atoms with van der Waals surface area (Å²) in [5, 5.41) is 0. The van der Waals surface area contributed by atoms with Gasteiger partial charge < -0.3 is 8.92 Å². The van der Waals surface area contributed by atoms with Gasteiger partial charge in [0.2, 0.25) is 0 Å². The summed E-state index contributed by atoms with van der Waals surface area (Å²) in [6.07, 6.45) is 3.74. The van der Waals surface area contributed by atoms with Crippen LogP contribution in [-0.4, -0.2) is 18.8 Å². The van der Waals surface area contributed by atoms with Crippen molar-refractivity contribution in [1.82, 2.24) is 0 Å². The van der Waals surface area contributed by atoms with E-state index in [2.05, 4.69) is 33.3 Å². The lowest BCUT2D eigenvalue weighted by atomic mass is 9.88. The van der Waals surface area contributed by atoms with Crippen molar-refractivity contribution >= 4 is 12.9 Å². The molecule has 0 amide bonds. The van der Waals surface area contributed by atoms with Gasteiger partial charge in [-0.3, -0.25) is 0 Å². The van der Waals surface area contributed by atoms with E-state index in [0.717, 1.165) is 19.3 Å². The highest BCUT2D eigenvalue weighted by molar-refractivity contribution is 7.75. The minimum absolute atomic E-state index is 0.209. The molecule has 1 aliphatic heterocycles. The largest absolute Gasteiger partial charge is 0.371 e. The zero-order chi connectivity index (χ0) is 10.6. The summed E-state index contributed by atoms with van der Waals surface area (Å²) in [6, 6.07) is 0. The van der Waals surface area contributed by atoms with Crippen LogP contribution in [0.5, 0.6) is 0 Å². The summed E-state index contributed by atoms with van der Waals surface area (Å²) in [7, 11) is 0. The second-order valence-corrected chi connectivity index (χ2v) is 4.35. The summed E-state index contributed by atoms with van der Waals surface area (Å²) >= 11 is 3.71. The van der Waals surface area contributed by atoms with Crippen LogP contribution in [0.1, 0.15) is 33.1 Å². The molecule has 0 saturated carbocycles. The van der Waals surface area contributed by atoms with E-state index < -0.39 is 0 Å². The molecule has 0 aliphatic carbocycles. The molecule has 1 heterocycles. The van der Waals surface area contributed by atoms with Crippen LogP contribution < -0.4 is 0 Å². The molecule has 2 nitrogen and oxygen atoms in total. The lowest BCUT2D eigenvalue weighted by Crippen LogP contribution is -2.32. The van der Waals surface area contributed by atoms with Gasteiger partial charge in [0.05, 0.1) is 18.8 Å². The van der Waals surface area contributed by atoms with Gasteiger partial charge in [0.15, 0.2) is 0 Å². The summed E-state index contributed by atoms with van der Waals surface area (Å²) in [4.78, 5) is 0. The zero-order valence-electron chi connectivity index (χ0n) is 9.03. The van der Waals surface area contributed by atoms with Gasteiger partial charge >= 0.3 is 0 Å². The predicted octanol–water partition coefficient (Wildman–Crippen LogP) is 3.00. The average molecular weight is 216 g/mol. The molecule has 3 atom stereocenters. The van der Waals surface area contributed by atoms with Crippen LogP contribution >= 0.6 is 12.9 Å². The van der Waals surface area contributed by atoms with Crippen molar-refractivity contribution in [3.63, 3.8) is 0 Å². The zero-order valence-corrected chi connectivity index (χ0v) is 9.93. The minimum Gasteiger partial charge on any atom is -0.371 e. The molecule has 14 heavy (non-hydrogen) atoms. The van der Waals surface area contributed by atoms with Gasteiger partial charge in [0.1, 0.15) is 0 Å². The van der Waals surface area contributed by atoms with Gasteiger partial charge in [-0.15, -0.1) is 0 Å². The van der Waals surface area contributed by atoms with Crippen LogP contribution in [0, 0.1) is 5.92 Å². The second-order valence-electron chi connectivity index (χ2n) is 4.09. The molecule has 0 radical (unpaired) electrons. The van der Waals surface area contributed by atoms with E-state index in [9.17, 15) is 0 Å². The van der Waals surface area contributed by atoms with E-state index in [-0.39, 0.29) is 6.10 Å². The number of rotatable bonds is 4. The molecule has 0 bridgehead atoms. The highest BCUT2D eigenvalue weighted by Crippen LogP contribution is 2.30. The molecule has 0 aromatic carbocycles. The van der Waals surface area contributed by atoms with Gasteiger partial charge in [-0.05, 0) is 50.6 Å². The van der Waals surface area contributed by atoms with E-state index in [1.165, 1.54) is 5.57 Å². The first-order valence-corrected chi connectivity index (χ1v) is 5.62. The first-order valence-electron chi connectivity index (χ1n) is 5.25. The Morgan fingerprint density at radius 1 is 1.57 bits per heavy atom. The maximum Gasteiger partial charge on any atom is 0.0760 e. The fourth-order valence-electron chi connectivity index (χ4n) is 1.94. The molecule has 0 aromatic rings. The van der Waals surface area contributed by atoms with Gasteiger partial charge in [-0.25, -0.2) is 0 Å². The Kier molecular flexibility index (Phi) is 4.99. The number of hydrogen-bond acceptors (Lipinski definition) is 3. The molecule has 0 N–H and O–H groups in total. The molecule has 1 saturated heterocycles. The summed E-state index contributed by atoms with van der Waals surface area (Å²) in [5.41, 5.74) is 1.23. The number of ether oxygens (including phenoxy) is 1. The Balaban J connectivity index is 2.30. The first-order chi connectivity index (χ1) is 6.65. The SMILES string of the molecule is C=C1[C@H](C)C[C@H](CCCOS)O[C@@H]1C. The molecule has 0 spiro atoms. The minimum atomic E-state index is 0.209. The van der Waals surface area contributed by atoms with Crippen molar-refractivity contribution in [3.05, 3.63) is 12.2 Å². The third-order valence-corrected chi connectivity index (χ3v) is 3.11. The monoisotopic (exact) mass is 216 g/mol. The Labute approximate surface area is 92.3 Å². The van der Waals surface area contributed by atoms with E-state index in [1.54, 1.807) is 0 Å². The van der Waals surface area contributed by atoms with Crippen LogP contribution in [-0.2, 0) is 8.92 Å². The molecule has 82 valence electrons. The number of thiol groups is 1. The predicted molar refractivity (Wildman–Crippen MR) is 61.4 cm³/mol. The van der Waals surface area contributed by atoms with E-state index >= 15 is 0 Å². The maximum atomic E-state index is 5.84. The van der Waals surface area contributed by atoms with E-state index in [1.807, 2.05) is 0 Å². The van der Waals surface area contributed by atoms with Gasteiger partial charge in [0.25, 0.3) is 0 Å². The third-order valence-electron chi connectivity index (χ3n) is 2.93. The smallest absolute Gasteiger partial charge is 0.0760 e. The van der Waals surface area contributed by atoms with Crippen molar-refractivity contribution in [2.45, 2.75) is 45.3 Å². The highest BCUT2D eigenvalue weighted by atomic mass is 32.1. The fourth-order valence-corrected chi connectivity index (χ4v) is 2.07. The Morgan fingerprint density at radius 3 is 2.86 bits per heavy atom. The van der Waals surface area contributed by atoms with Crippen LogP contribution in [0.2, 0.25) is 0 Å². The first kappa shape index (κ1) is 12.1. The second kappa shape index (κ2) is 5.79. The summed E-state index contributed by atoms with van der Waals surface area (Å²) in [5.74, 6) is 0.584. The standard InChI is InChI=1S/C11H20O2S/c1-8-7-11(5-4-6-12-14)13-10(3)9(8)2/h8,10-11,14H,2,4-7H2,1,3H3/t8-,10-,11+/m1/s1. The number of hydrogen-bond donors (Lipinski definition) is 1. The van der Waals surface area contributed by atoms with E-state index in [4.69, 9.17) is 8.92 Å². The summed E-state index contributed by atoms with van der Waals surface area (Å²) in [6.45, 7) is 9.06.